The fourth-order valence-corrected chi connectivity index (χ4v) is 2.75. The fraction of sp³-hybridized carbons (Fsp3) is 0.667. The Kier molecular flexibility index (Phi) is 11.6. The van der Waals surface area contributed by atoms with Crippen LogP contribution in [-0.4, -0.2) is 50.3 Å². The molecule has 0 unspecified atom stereocenters. The van der Waals surface area contributed by atoms with E-state index in [2.05, 4.69) is 38.5 Å². The maximum Gasteiger partial charge on any atom is 0.191 e. The van der Waals surface area contributed by atoms with Gasteiger partial charge in [0.25, 0.3) is 0 Å². The number of hydrogen-bond donors (Lipinski definition) is 2. The van der Waals surface area contributed by atoms with Crippen molar-refractivity contribution in [2.75, 3.05) is 44.3 Å². The summed E-state index contributed by atoms with van der Waals surface area (Å²) in [6.07, 6.45) is 5.75. The molecule has 0 radical (unpaired) electrons. The molecule has 2 N–H and O–H groups in total. The molecule has 25 heavy (non-hydrogen) atoms. The van der Waals surface area contributed by atoms with Crippen molar-refractivity contribution in [3.63, 3.8) is 0 Å². The van der Waals surface area contributed by atoms with E-state index in [0.29, 0.717) is 13.2 Å². The predicted octanol–water partition coefficient (Wildman–Crippen LogP) is 2.78. The monoisotopic (exact) mass is 461 g/mol. The number of pyridine rings is 1. The molecule has 0 aromatic carbocycles. The van der Waals surface area contributed by atoms with E-state index in [-0.39, 0.29) is 24.0 Å². The van der Waals surface area contributed by atoms with Crippen LogP contribution in [-0.2, 0) is 11.3 Å². The molecular formula is C18H32IN5O. The summed E-state index contributed by atoms with van der Waals surface area (Å²) >= 11 is 0. The van der Waals surface area contributed by atoms with Crippen molar-refractivity contribution in [1.29, 1.82) is 0 Å². The third-order valence-electron chi connectivity index (χ3n) is 4.00. The second kappa shape index (κ2) is 13.2. The lowest BCUT2D eigenvalue weighted by Gasteiger charge is -2.27. The number of aliphatic imine (C=N–C) groups is 1. The molecule has 0 saturated carbocycles. The molecule has 1 saturated heterocycles. The summed E-state index contributed by atoms with van der Waals surface area (Å²) in [5.74, 6) is 1.91. The number of anilines is 1. The number of hydrogen-bond acceptors (Lipinski definition) is 4. The average molecular weight is 461 g/mol. The molecule has 1 aromatic rings. The summed E-state index contributed by atoms with van der Waals surface area (Å²) in [4.78, 5) is 11.6. The summed E-state index contributed by atoms with van der Waals surface area (Å²) in [6.45, 7) is 9.98. The lowest BCUT2D eigenvalue weighted by Crippen LogP contribution is -2.39. The first kappa shape index (κ1) is 22.0. The Morgan fingerprint density at radius 1 is 1.24 bits per heavy atom. The van der Waals surface area contributed by atoms with E-state index in [9.17, 15) is 0 Å². The van der Waals surface area contributed by atoms with Gasteiger partial charge in [0.05, 0.1) is 13.2 Å². The van der Waals surface area contributed by atoms with Gasteiger partial charge in [0.2, 0.25) is 0 Å². The van der Waals surface area contributed by atoms with Gasteiger partial charge in [-0.1, -0.05) is 0 Å². The van der Waals surface area contributed by atoms with Gasteiger partial charge in [-0.25, -0.2) is 9.98 Å². The molecule has 2 rings (SSSR count). The maximum absolute atomic E-state index is 5.35. The first-order chi connectivity index (χ1) is 11.8. The summed E-state index contributed by atoms with van der Waals surface area (Å²) in [5, 5.41) is 6.56. The van der Waals surface area contributed by atoms with E-state index in [1.807, 2.05) is 19.2 Å². The minimum Gasteiger partial charge on any atom is -0.380 e. The van der Waals surface area contributed by atoms with Gasteiger partial charge >= 0.3 is 0 Å². The van der Waals surface area contributed by atoms with Crippen molar-refractivity contribution in [2.45, 2.75) is 39.7 Å². The Balaban J connectivity index is 0.00000312. The fourth-order valence-electron chi connectivity index (χ4n) is 2.75. The molecule has 7 heteroatoms. The Labute approximate surface area is 168 Å². The topological polar surface area (TPSA) is 61.8 Å². The van der Waals surface area contributed by atoms with Crippen LogP contribution in [0.2, 0.25) is 0 Å². The zero-order chi connectivity index (χ0) is 17.0. The van der Waals surface area contributed by atoms with Gasteiger partial charge < -0.3 is 20.3 Å². The zero-order valence-electron chi connectivity index (χ0n) is 15.5. The van der Waals surface area contributed by atoms with Gasteiger partial charge in [-0.3, -0.25) is 0 Å². The van der Waals surface area contributed by atoms with Crippen LogP contribution in [0.25, 0.3) is 0 Å². The quantitative estimate of drug-likeness (QED) is 0.270. The number of nitrogens with one attached hydrogen (secondary N) is 2. The van der Waals surface area contributed by atoms with Crippen LogP contribution < -0.4 is 15.5 Å². The molecule has 1 aliphatic rings. The minimum absolute atomic E-state index is 0. The SMILES string of the molecule is CCNC(=NCc1ccnc(N2CCCCC2)c1)NCCOCC.I. The van der Waals surface area contributed by atoms with E-state index >= 15 is 0 Å². The van der Waals surface area contributed by atoms with Gasteiger partial charge in [-0.05, 0) is 50.8 Å². The highest BCUT2D eigenvalue weighted by atomic mass is 127. The molecule has 1 aliphatic heterocycles. The highest BCUT2D eigenvalue weighted by Gasteiger charge is 2.12. The number of piperidine rings is 1. The van der Waals surface area contributed by atoms with Crippen molar-refractivity contribution < 1.29 is 4.74 Å². The second-order valence-electron chi connectivity index (χ2n) is 5.89. The van der Waals surface area contributed by atoms with Crippen LogP contribution in [0.3, 0.4) is 0 Å². The summed E-state index contributed by atoms with van der Waals surface area (Å²) in [5.41, 5.74) is 1.19. The maximum atomic E-state index is 5.35. The first-order valence-electron chi connectivity index (χ1n) is 9.13. The van der Waals surface area contributed by atoms with Gasteiger partial charge in [0, 0.05) is 39.0 Å². The Hall–Kier alpha value is -1.09. The molecule has 0 spiro atoms. The van der Waals surface area contributed by atoms with Crippen molar-refractivity contribution in [2.24, 2.45) is 4.99 Å². The minimum atomic E-state index is 0. The Bertz CT molecular complexity index is 506. The average Bonchev–Trinajstić information content (AvgIpc) is 2.64. The largest absolute Gasteiger partial charge is 0.380 e. The van der Waals surface area contributed by atoms with Crippen molar-refractivity contribution in [3.05, 3.63) is 23.9 Å². The van der Waals surface area contributed by atoms with Crippen molar-refractivity contribution >= 4 is 35.8 Å². The number of halogens is 1. The molecule has 6 nitrogen and oxygen atoms in total. The predicted molar refractivity (Wildman–Crippen MR) is 115 cm³/mol. The van der Waals surface area contributed by atoms with Crippen LogP contribution in [0, 0.1) is 0 Å². The van der Waals surface area contributed by atoms with E-state index in [4.69, 9.17) is 4.74 Å². The van der Waals surface area contributed by atoms with Gasteiger partial charge in [0.1, 0.15) is 5.82 Å². The molecule has 142 valence electrons. The Morgan fingerprint density at radius 2 is 2.04 bits per heavy atom. The van der Waals surface area contributed by atoms with Crippen LogP contribution >= 0.6 is 24.0 Å². The van der Waals surface area contributed by atoms with E-state index in [1.165, 1.54) is 24.8 Å². The lowest BCUT2D eigenvalue weighted by atomic mass is 10.1. The standard InChI is InChI=1S/C18H31N5O.HI/c1-3-19-18(21-10-13-24-4-2)22-15-16-8-9-20-17(14-16)23-11-6-5-7-12-23;/h8-9,14H,3-7,10-13,15H2,1-2H3,(H2,19,21,22);1H. The first-order valence-corrected chi connectivity index (χ1v) is 9.13. The molecule has 1 fully saturated rings. The zero-order valence-corrected chi connectivity index (χ0v) is 17.8. The third kappa shape index (κ3) is 8.22. The molecule has 0 amide bonds. The van der Waals surface area contributed by atoms with Gasteiger partial charge in [0.15, 0.2) is 5.96 Å². The second-order valence-corrected chi connectivity index (χ2v) is 5.89. The highest BCUT2D eigenvalue weighted by molar-refractivity contribution is 14.0. The Morgan fingerprint density at radius 3 is 2.76 bits per heavy atom. The van der Waals surface area contributed by atoms with Gasteiger partial charge in [-0.15, -0.1) is 24.0 Å². The van der Waals surface area contributed by atoms with E-state index in [0.717, 1.165) is 44.6 Å². The van der Waals surface area contributed by atoms with Crippen molar-refractivity contribution in [1.82, 2.24) is 15.6 Å². The molecule has 0 bridgehead atoms. The highest BCUT2D eigenvalue weighted by Crippen LogP contribution is 2.18. The van der Waals surface area contributed by atoms with E-state index in [1.54, 1.807) is 0 Å². The van der Waals surface area contributed by atoms with Crippen LogP contribution in [0.15, 0.2) is 23.3 Å². The molecule has 2 heterocycles. The smallest absolute Gasteiger partial charge is 0.191 e. The van der Waals surface area contributed by atoms with Crippen molar-refractivity contribution in [3.8, 4) is 0 Å². The van der Waals surface area contributed by atoms with Crippen LogP contribution in [0.4, 0.5) is 5.82 Å². The van der Waals surface area contributed by atoms with Crippen LogP contribution in [0.5, 0.6) is 0 Å². The number of guanidine groups is 1. The number of ether oxygens (including phenoxy) is 1. The number of aromatic nitrogens is 1. The third-order valence-corrected chi connectivity index (χ3v) is 4.00. The lowest BCUT2D eigenvalue weighted by molar-refractivity contribution is 0.152. The molecular weight excluding hydrogens is 429 g/mol. The van der Waals surface area contributed by atoms with E-state index < -0.39 is 0 Å². The summed E-state index contributed by atoms with van der Waals surface area (Å²) < 4.78 is 5.35. The molecule has 0 atom stereocenters. The summed E-state index contributed by atoms with van der Waals surface area (Å²) in [6, 6.07) is 4.21. The molecule has 1 aromatic heterocycles. The summed E-state index contributed by atoms with van der Waals surface area (Å²) in [7, 11) is 0. The number of rotatable bonds is 8. The van der Waals surface area contributed by atoms with Gasteiger partial charge in [-0.2, -0.15) is 0 Å². The van der Waals surface area contributed by atoms with Crippen LogP contribution in [0.1, 0.15) is 38.7 Å². The normalized spacial score (nSPS) is 14.8. The molecule has 0 aliphatic carbocycles. The number of nitrogens with zero attached hydrogens (tertiary/aromatic N) is 3.